The van der Waals surface area contributed by atoms with Crippen molar-refractivity contribution in [2.75, 3.05) is 0 Å². The summed E-state index contributed by atoms with van der Waals surface area (Å²) in [7, 11) is 0. The largest absolute Gasteiger partial charge is 0.333 e. The average Bonchev–Trinajstić information content (AvgIpc) is 3.18. The van der Waals surface area contributed by atoms with E-state index in [1.165, 1.54) is 30.0 Å². The quantitative estimate of drug-likeness (QED) is 0.755. The molecule has 0 spiro atoms. The molecule has 2 fully saturated rings. The van der Waals surface area contributed by atoms with Crippen LogP contribution in [0.1, 0.15) is 42.7 Å². The molecular weight excluding hydrogens is 234 g/mol. The van der Waals surface area contributed by atoms with E-state index in [9.17, 15) is 4.79 Å². The maximum absolute atomic E-state index is 11.9. The van der Waals surface area contributed by atoms with Crippen molar-refractivity contribution < 1.29 is 4.79 Å². The highest BCUT2D eigenvalue weighted by molar-refractivity contribution is 5.87. The number of amides is 1. The molecule has 2 heteroatoms. The van der Waals surface area contributed by atoms with E-state index in [1.807, 2.05) is 0 Å². The molecule has 0 saturated heterocycles. The average molecular weight is 255 g/mol. The summed E-state index contributed by atoms with van der Waals surface area (Å²) in [5.41, 5.74) is 2.83. The topological polar surface area (TPSA) is 20.3 Å². The molecule has 19 heavy (non-hydrogen) atoms. The summed E-state index contributed by atoms with van der Waals surface area (Å²) in [6.07, 6.45) is 6.04. The molecule has 2 aliphatic carbocycles. The van der Waals surface area contributed by atoms with Gasteiger partial charge in [-0.3, -0.25) is 4.79 Å². The minimum Gasteiger partial charge on any atom is -0.333 e. The van der Waals surface area contributed by atoms with E-state index >= 15 is 0 Å². The maximum atomic E-state index is 11.9. The fourth-order valence-corrected chi connectivity index (χ4v) is 3.23. The van der Waals surface area contributed by atoms with Crippen LogP contribution in [0.5, 0.6) is 0 Å². The second-order valence-corrected chi connectivity index (χ2v) is 5.86. The van der Waals surface area contributed by atoms with Gasteiger partial charge in [-0.05, 0) is 55.7 Å². The normalized spacial score (nSPS) is 25.5. The lowest BCUT2D eigenvalue weighted by molar-refractivity contribution is -0.131. The van der Waals surface area contributed by atoms with Gasteiger partial charge in [-0.15, -0.1) is 0 Å². The highest BCUT2D eigenvalue weighted by Gasteiger charge is 2.42. The van der Waals surface area contributed by atoms with Crippen LogP contribution in [-0.2, 0) is 4.79 Å². The highest BCUT2D eigenvalue weighted by Crippen LogP contribution is 2.44. The molecule has 1 aromatic rings. The van der Waals surface area contributed by atoms with Crippen molar-refractivity contribution in [2.24, 2.45) is 0 Å². The van der Waals surface area contributed by atoms with Gasteiger partial charge in [0.15, 0.2) is 0 Å². The van der Waals surface area contributed by atoms with E-state index in [-0.39, 0.29) is 5.91 Å². The fraction of sp³-hybridized carbons (Fsp3) is 0.471. The predicted octanol–water partition coefficient (Wildman–Crippen LogP) is 3.42. The van der Waals surface area contributed by atoms with Gasteiger partial charge >= 0.3 is 0 Å². The van der Waals surface area contributed by atoms with Crippen LogP contribution in [0.15, 0.2) is 36.9 Å². The summed E-state index contributed by atoms with van der Waals surface area (Å²) in [4.78, 5) is 14.0. The molecule has 0 atom stereocenters. The third kappa shape index (κ3) is 2.32. The Morgan fingerprint density at radius 2 is 1.95 bits per heavy atom. The molecule has 0 N–H and O–H groups in total. The van der Waals surface area contributed by atoms with E-state index in [1.54, 1.807) is 0 Å². The van der Waals surface area contributed by atoms with Crippen LogP contribution in [0.25, 0.3) is 0 Å². The third-order valence-corrected chi connectivity index (χ3v) is 4.50. The SMILES string of the molecule is C=CC(=O)N(C1CC1)C1CC(c2ccccc2C)C1. The smallest absolute Gasteiger partial charge is 0.246 e. The summed E-state index contributed by atoms with van der Waals surface area (Å²) in [5, 5.41) is 0. The van der Waals surface area contributed by atoms with Crippen molar-refractivity contribution >= 4 is 5.91 Å². The molecule has 1 aromatic carbocycles. The van der Waals surface area contributed by atoms with Crippen LogP contribution in [0.3, 0.4) is 0 Å². The molecule has 2 aliphatic rings. The molecule has 0 bridgehead atoms. The van der Waals surface area contributed by atoms with E-state index in [4.69, 9.17) is 0 Å². The van der Waals surface area contributed by atoms with E-state index in [0.717, 1.165) is 12.8 Å². The summed E-state index contributed by atoms with van der Waals surface area (Å²) < 4.78 is 0. The van der Waals surface area contributed by atoms with Crippen molar-refractivity contribution in [3.05, 3.63) is 48.0 Å². The van der Waals surface area contributed by atoms with E-state index in [2.05, 4.69) is 42.7 Å². The Bertz CT molecular complexity index is 498. The van der Waals surface area contributed by atoms with Gasteiger partial charge in [0.1, 0.15) is 0 Å². The Morgan fingerprint density at radius 3 is 2.53 bits per heavy atom. The summed E-state index contributed by atoms with van der Waals surface area (Å²) in [6.45, 7) is 5.81. The third-order valence-electron chi connectivity index (χ3n) is 4.50. The first-order valence-corrected chi connectivity index (χ1v) is 7.21. The van der Waals surface area contributed by atoms with Gasteiger partial charge in [0.2, 0.25) is 5.91 Å². The molecule has 0 aromatic heterocycles. The number of hydrogen-bond donors (Lipinski definition) is 0. The molecule has 0 unspecified atom stereocenters. The van der Waals surface area contributed by atoms with Crippen molar-refractivity contribution in [3.63, 3.8) is 0 Å². The number of hydrogen-bond acceptors (Lipinski definition) is 1. The van der Waals surface area contributed by atoms with Gasteiger partial charge in [-0.2, -0.15) is 0 Å². The van der Waals surface area contributed by atoms with Gasteiger partial charge in [0.05, 0.1) is 0 Å². The number of benzene rings is 1. The molecule has 0 radical (unpaired) electrons. The summed E-state index contributed by atoms with van der Waals surface area (Å²) in [6, 6.07) is 9.54. The molecule has 0 heterocycles. The van der Waals surface area contributed by atoms with Crippen LogP contribution >= 0.6 is 0 Å². The van der Waals surface area contributed by atoms with Gasteiger partial charge in [-0.25, -0.2) is 0 Å². The van der Waals surface area contributed by atoms with Crippen LogP contribution in [0.2, 0.25) is 0 Å². The number of aryl methyl sites for hydroxylation is 1. The molecule has 1 amide bonds. The molecule has 3 rings (SSSR count). The second kappa shape index (κ2) is 4.84. The van der Waals surface area contributed by atoms with Crippen LogP contribution in [0.4, 0.5) is 0 Å². The minimum atomic E-state index is 0.121. The Morgan fingerprint density at radius 1 is 1.26 bits per heavy atom. The van der Waals surface area contributed by atoms with Crippen molar-refractivity contribution in [1.82, 2.24) is 4.90 Å². The monoisotopic (exact) mass is 255 g/mol. The number of carbonyl (C=O) groups is 1. The maximum Gasteiger partial charge on any atom is 0.246 e. The van der Waals surface area contributed by atoms with Crippen LogP contribution < -0.4 is 0 Å². The molecule has 2 nitrogen and oxygen atoms in total. The van der Waals surface area contributed by atoms with Crippen molar-refractivity contribution in [2.45, 2.75) is 50.6 Å². The lowest BCUT2D eigenvalue weighted by atomic mass is 9.73. The Balaban J connectivity index is 1.67. The zero-order chi connectivity index (χ0) is 13.4. The zero-order valence-electron chi connectivity index (χ0n) is 11.5. The molecular formula is C17H21NO. The van der Waals surface area contributed by atoms with Gasteiger partial charge < -0.3 is 4.90 Å². The summed E-state index contributed by atoms with van der Waals surface area (Å²) >= 11 is 0. The first-order valence-electron chi connectivity index (χ1n) is 7.21. The number of nitrogens with zero attached hydrogens (tertiary/aromatic N) is 1. The zero-order valence-corrected chi connectivity index (χ0v) is 11.5. The Hall–Kier alpha value is -1.57. The van der Waals surface area contributed by atoms with Crippen molar-refractivity contribution in [3.8, 4) is 0 Å². The lowest BCUT2D eigenvalue weighted by Gasteiger charge is -2.43. The van der Waals surface area contributed by atoms with Gasteiger partial charge in [0, 0.05) is 12.1 Å². The predicted molar refractivity (Wildman–Crippen MR) is 77.0 cm³/mol. The van der Waals surface area contributed by atoms with Crippen LogP contribution in [-0.4, -0.2) is 22.9 Å². The van der Waals surface area contributed by atoms with E-state index < -0.39 is 0 Å². The molecule has 0 aliphatic heterocycles. The molecule has 100 valence electrons. The Kier molecular flexibility index (Phi) is 3.17. The Labute approximate surface area is 115 Å². The second-order valence-electron chi connectivity index (χ2n) is 5.86. The number of carbonyl (C=O) groups excluding carboxylic acids is 1. The first kappa shape index (κ1) is 12.5. The summed E-state index contributed by atoms with van der Waals surface area (Å²) in [5.74, 6) is 0.751. The van der Waals surface area contributed by atoms with Crippen molar-refractivity contribution in [1.29, 1.82) is 0 Å². The fourth-order valence-electron chi connectivity index (χ4n) is 3.23. The highest BCUT2D eigenvalue weighted by atomic mass is 16.2. The number of rotatable bonds is 4. The standard InChI is InChI=1S/C17H21NO/c1-3-17(19)18(14-8-9-14)15-10-13(11-15)16-7-5-4-6-12(16)2/h3-7,13-15H,1,8-11H2,2H3. The minimum absolute atomic E-state index is 0.121. The lowest BCUT2D eigenvalue weighted by Crippen LogP contribution is -2.47. The molecule has 2 saturated carbocycles. The first-order chi connectivity index (χ1) is 9.20. The van der Waals surface area contributed by atoms with E-state index in [0.29, 0.717) is 18.0 Å². The van der Waals surface area contributed by atoms with Gasteiger partial charge in [-0.1, -0.05) is 30.8 Å². The van der Waals surface area contributed by atoms with Crippen LogP contribution in [0, 0.1) is 6.92 Å². The van der Waals surface area contributed by atoms with Gasteiger partial charge in [0.25, 0.3) is 0 Å².